The molecular weight excluding hydrogens is 1340 g/mol. The van der Waals surface area contributed by atoms with Gasteiger partial charge in [-0.05, 0) is 226 Å². The highest BCUT2D eigenvalue weighted by atomic mass is 32.2. The fourth-order valence-corrected chi connectivity index (χ4v) is 16.2. The van der Waals surface area contributed by atoms with E-state index in [1.807, 2.05) is 116 Å². The fraction of sp³-hybridized carbons (Fsp3) is 0.467. The van der Waals surface area contributed by atoms with Crippen molar-refractivity contribution < 1.29 is 40.9 Å². The van der Waals surface area contributed by atoms with Gasteiger partial charge in [0.15, 0.2) is 0 Å². The highest BCUT2D eigenvalue weighted by Crippen LogP contribution is 2.49. The monoisotopic (exact) mass is 1460 g/mol. The molecule has 0 aliphatic carbocycles. The predicted molar refractivity (Wildman–Crippen MR) is 440 cm³/mol. The van der Waals surface area contributed by atoms with Crippen LogP contribution < -0.4 is 0 Å². The fourth-order valence-electron chi connectivity index (χ4n) is 12.0. The lowest BCUT2D eigenvalue weighted by Crippen LogP contribution is -2.12. The number of hydrogen-bond donors (Lipinski definition) is 8. The topological polar surface area (TPSA) is 162 Å². The first-order valence-corrected chi connectivity index (χ1v) is 39.1. The molecule has 556 valence electrons. The average Bonchev–Trinajstić information content (AvgIpc) is 0.810. The van der Waals surface area contributed by atoms with E-state index >= 15 is 0 Å². The summed E-state index contributed by atoms with van der Waals surface area (Å²) < 4.78 is 0. The van der Waals surface area contributed by atoms with E-state index in [-0.39, 0.29) is 43.3 Å². The molecule has 0 spiro atoms. The number of benzene rings is 8. The Morgan fingerprint density at radius 1 is 0.225 bits per heavy atom. The molecule has 8 rings (SSSR count). The van der Waals surface area contributed by atoms with Gasteiger partial charge in [-0.1, -0.05) is 238 Å². The molecule has 0 radical (unpaired) electrons. The van der Waals surface area contributed by atoms with Crippen LogP contribution in [0.5, 0.6) is 46.0 Å². The molecular formula is C90H124O8S4. The largest absolute Gasteiger partial charge is 0.508 e. The molecule has 0 atom stereocenters. The lowest BCUT2D eigenvalue weighted by atomic mass is 9.84. The minimum atomic E-state index is -0.142. The molecule has 8 aromatic carbocycles. The Balaban J connectivity index is 0.000000245. The van der Waals surface area contributed by atoms with Crippen molar-refractivity contribution in [3.05, 3.63) is 197 Å². The van der Waals surface area contributed by atoms with Gasteiger partial charge in [-0.25, -0.2) is 0 Å². The number of phenolic OH excluding ortho intramolecular Hbond substituents is 8. The van der Waals surface area contributed by atoms with Crippen LogP contribution >= 0.6 is 47.0 Å². The SMILES string of the molecule is Cc1cc(CSCc2cc(C)c(O)c(C(C)(C)C)c2)cc(C(C)(C)C)c1O.Cc1cc(O)c(C(C)(C)C)cc1Sc1cc(C(C)(C)C)c(O)cc1C.Cc1cc(Sc2cc(C)c(O)c(C(C)(C)C)c2)cc(C(C)(C)C)c1O.Cc1cc(Sc2cc(C)cc(C(C)(C)C)c2O)c(O)c(C(C)(C)C)c1. The molecule has 0 aliphatic heterocycles. The summed E-state index contributed by atoms with van der Waals surface area (Å²) >= 11 is 6.66. The van der Waals surface area contributed by atoms with Crippen LogP contribution in [0.25, 0.3) is 0 Å². The quantitative estimate of drug-likeness (QED) is 0.0655. The molecule has 0 bridgehead atoms. The van der Waals surface area contributed by atoms with Crippen LogP contribution in [0.3, 0.4) is 0 Å². The van der Waals surface area contributed by atoms with E-state index in [1.54, 1.807) is 23.5 Å². The third-order valence-corrected chi connectivity index (χ3v) is 22.4. The predicted octanol–water partition coefficient (Wildman–Crippen LogP) is 26.1. The van der Waals surface area contributed by atoms with Gasteiger partial charge in [-0.3, -0.25) is 0 Å². The second-order valence-corrected chi connectivity index (χ2v) is 40.6. The Hall–Kier alpha value is -6.44. The molecule has 0 unspecified atom stereocenters. The maximum absolute atomic E-state index is 10.8. The zero-order chi connectivity index (χ0) is 78.0. The number of rotatable bonds is 10. The molecule has 8 aromatic rings. The van der Waals surface area contributed by atoms with E-state index in [0.29, 0.717) is 46.0 Å². The maximum atomic E-state index is 10.8. The summed E-state index contributed by atoms with van der Waals surface area (Å²) in [6.45, 7) is 66.6. The van der Waals surface area contributed by atoms with Crippen LogP contribution in [0.15, 0.2) is 126 Å². The Kier molecular flexibility index (Phi) is 27.5. The highest BCUT2D eigenvalue weighted by Gasteiger charge is 2.29. The van der Waals surface area contributed by atoms with E-state index < -0.39 is 0 Å². The lowest BCUT2D eigenvalue weighted by Gasteiger charge is -2.24. The van der Waals surface area contributed by atoms with E-state index in [4.69, 9.17) is 0 Å². The third kappa shape index (κ3) is 22.8. The minimum Gasteiger partial charge on any atom is -0.508 e. The summed E-state index contributed by atoms with van der Waals surface area (Å²) in [5, 5.41) is 83.8. The second-order valence-electron chi connectivity index (χ2n) is 36.3. The first-order chi connectivity index (χ1) is 46.2. The number of aryl methyl sites for hydroxylation is 8. The number of hydrogen-bond acceptors (Lipinski definition) is 12. The van der Waals surface area contributed by atoms with Gasteiger partial charge in [0.2, 0.25) is 0 Å². The lowest BCUT2D eigenvalue weighted by molar-refractivity contribution is 0.431. The van der Waals surface area contributed by atoms with Crippen LogP contribution in [0, 0.1) is 55.4 Å². The summed E-state index contributed by atoms with van der Waals surface area (Å²) in [6.07, 6.45) is 0. The van der Waals surface area contributed by atoms with Gasteiger partial charge in [-0.2, -0.15) is 11.8 Å². The Bertz CT molecular complexity index is 4040. The molecule has 12 heteroatoms. The summed E-state index contributed by atoms with van der Waals surface area (Å²) in [4.78, 5) is 6.04. The standard InChI is InChI=1S/C24H34O2S.3C22H30O2S/c1-15-9-17(11-19(21(15)25)23(3,4)5)13-27-14-18-10-16(2)22(26)20(12-18)24(6,7)8;1-13-9-17(23)15(21(3,4)5)11-19(13)25-20-12-16(22(6,7)8)18(24)10-14(20)2;1-13-9-15(11-17(19(13)23)21(3,4)5)25-16-10-14(2)20(24)18(12-16)22(6,7)8;1-13-9-15(21(3,4)5)19(23)17(11-13)25-18-12-14(2)10-16(20(18)24)22(6,7)8/h9-12,25-26H,13-14H2,1-8H3;3*9-12,23-24H,1-8H3. The Morgan fingerprint density at radius 2 is 0.471 bits per heavy atom. The summed E-state index contributed by atoms with van der Waals surface area (Å²) in [5.41, 5.74) is 17.2. The molecule has 0 amide bonds. The van der Waals surface area contributed by atoms with Crippen LogP contribution in [0.1, 0.15) is 266 Å². The second kappa shape index (κ2) is 32.5. The van der Waals surface area contributed by atoms with Crippen LogP contribution in [0.2, 0.25) is 0 Å². The van der Waals surface area contributed by atoms with Gasteiger partial charge < -0.3 is 40.9 Å². The minimum absolute atomic E-state index is 0.0782. The molecule has 8 nitrogen and oxygen atoms in total. The van der Waals surface area contributed by atoms with Gasteiger partial charge in [0, 0.05) is 64.5 Å². The molecule has 0 saturated heterocycles. The van der Waals surface area contributed by atoms with Gasteiger partial charge in [0.05, 0.1) is 9.79 Å². The van der Waals surface area contributed by atoms with Crippen molar-refractivity contribution in [2.75, 3.05) is 0 Å². The van der Waals surface area contributed by atoms with Crippen molar-refractivity contribution in [2.45, 2.75) is 306 Å². The first kappa shape index (κ1) is 86.2. The van der Waals surface area contributed by atoms with Gasteiger partial charge in [0.25, 0.3) is 0 Å². The van der Waals surface area contributed by atoms with Crippen molar-refractivity contribution in [3.8, 4) is 46.0 Å². The molecule has 8 N–H and O–H groups in total. The average molecular weight is 1460 g/mol. The normalized spacial score (nSPS) is 12.5. The van der Waals surface area contributed by atoms with Crippen LogP contribution in [0.4, 0.5) is 0 Å². The summed E-state index contributed by atoms with van der Waals surface area (Å²) in [5.74, 6) is 4.72. The third-order valence-electron chi connectivity index (χ3n) is 18.0. The molecule has 0 aromatic heterocycles. The zero-order valence-electron chi connectivity index (χ0n) is 67.9. The van der Waals surface area contributed by atoms with Crippen molar-refractivity contribution in [2.24, 2.45) is 0 Å². The summed E-state index contributed by atoms with van der Waals surface area (Å²) in [7, 11) is 0. The number of thioether (sulfide) groups is 1. The van der Waals surface area contributed by atoms with Gasteiger partial charge in [-0.15, -0.1) is 0 Å². The Labute approximate surface area is 632 Å². The van der Waals surface area contributed by atoms with Crippen LogP contribution in [-0.4, -0.2) is 40.9 Å². The highest BCUT2D eigenvalue weighted by molar-refractivity contribution is 8.00. The number of phenols is 8. The van der Waals surface area contributed by atoms with Crippen molar-refractivity contribution in [3.63, 3.8) is 0 Å². The Morgan fingerprint density at radius 3 is 0.745 bits per heavy atom. The molecule has 0 aliphatic rings. The van der Waals surface area contributed by atoms with E-state index in [2.05, 4.69) is 215 Å². The first-order valence-electron chi connectivity index (χ1n) is 35.5. The number of aromatic hydroxyl groups is 8. The van der Waals surface area contributed by atoms with E-state index in [9.17, 15) is 40.9 Å². The van der Waals surface area contributed by atoms with Crippen molar-refractivity contribution in [1.82, 2.24) is 0 Å². The van der Waals surface area contributed by atoms with Gasteiger partial charge in [0.1, 0.15) is 46.0 Å². The molecule has 0 heterocycles. The zero-order valence-corrected chi connectivity index (χ0v) is 71.1. The maximum Gasteiger partial charge on any atom is 0.133 e. The smallest absolute Gasteiger partial charge is 0.133 e. The molecule has 102 heavy (non-hydrogen) atoms. The van der Waals surface area contributed by atoms with Crippen molar-refractivity contribution in [1.29, 1.82) is 0 Å². The molecule has 0 fully saturated rings. The van der Waals surface area contributed by atoms with Crippen LogP contribution in [-0.2, 0) is 54.8 Å². The van der Waals surface area contributed by atoms with E-state index in [1.165, 1.54) is 22.9 Å². The van der Waals surface area contributed by atoms with E-state index in [0.717, 1.165) is 130 Å². The van der Waals surface area contributed by atoms with Crippen molar-refractivity contribution >= 4 is 47.0 Å². The molecule has 0 saturated carbocycles. The van der Waals surface area contributed by atoms with Gasteiger partial charge >= 0.3 is 0 Å². The summed E-state index contributed by atoms with van der Waals surface area (Å²) in [6, 6.07) is 32.6.